The Labute approximate surface area is 170 Å². The van der Waals surface area contributed by atoms with E-state index in [2.05, 4.69) is 0 Å². The molecule has 1 aromatic carbocycles. The Morgan fingerprint density at radius 1 is 1.07 bits per heavy atom. The molecule has 0 amide bonds. The number of esters is 1. The zero-order valence-electron chi connectivity index (χ0n) is 17.2. The minimum Gasteiger partial charge on any atom is -0.429 e. The van der Waals surface area contributed by atoms with Crippen LogP contribution in [0.2, 0.25) is 0 Å². The van der Waals surface area contributed by atoms with Crippen molar-refractivity contribution in [2.75, 3.05) is 6.61 Å². The molecule has 7 nitrogen and oxygen atoms in total. The van der Waals surface area contributed by atoms with E-state index in [9.17, 15) is 4.79 Å². The van der Waals surface area contributed by atoms with Gasteiger partial charge in [0.15, 0.2) is 17.7 Å². The molecule has 4 rings (SSSR count). The number of rotatable bonds is 5. The molecule has 0 bridgehead atoms. The van der Waals surface area contributed by atoms with Crippen LogP contribution in [0.1, 0.15) is 44.5 Å². The maximum Gasteiger partial charge on any atom is 0.340 e. The highest BCUT2D eigenvalue weighted by atomic mass is 16.8. The topological polar surface area (TPSA) is 72.5 Å². The molecule has 0 unspecified atom stereocenters. The number of hydrogen-bond donors (Lipinski definition) is 0. The smallest absolute Gasteiger partial charge is 0.340 e. The van der Waals surface area contributed by atoms with Crippen molar-refractivity contribution in [1.29, 1.82) is 0 Å². The van der Waals surface area contributed by atoms with Gasteiger partial charge in [0, 0.05) is 0 Å². The third kappa shape index (κ3) is 4.70. The molecule has 5 atom stereocenters. The van der Waals surface area contributed by atoms with Crippen LogP contribution in [0.4, 0.5) is 0 Å². The molecule has 3 heterocycles. The SMILES string of the molecule is CC1(C)OC[C@H](C/C=C\[C@H]2O[C@H](OC(=O)c3ccccc3)[C@H]3OC(C)(C)O[C@H]32)O1. The molecule has 0 aromatic heterocycles. The molecule has 0 spiro atoms. The minimum absolute atomic E-state index is 0.00217. The van der Waals surface area contributed by atoms with E-state index >= 15 is 0 Å². The number of carbonyl (C=O) groups excluding carboxylic acids is 1. The van der Waals surface area contributed by atoms with Gasteiger partial charge in [-0.2, -0.15) is 0 Å². The predicted molar refractivity (Wildman–Crippen MR) is 103 cm³/mol. The van der Waals surface area contributed by atoms with Crippen LogP contribution >= 0.6 is 0 Å². The molecule has 0 aliphatic carbocycles. The van der Waals surface area contributed by atoms with Crippen molar-refractivity contribution >= 4 is 5.97 Å². The molecular formula is C22H28O7. The Kier molecular flexibility index (Phi) is 5.52. The van der Waals surface area contributed by atoms with E-state index in [0.717, 1.165) is 0 Å². The van der Waals surface area contributed by atoms with Crippen molar-refractivity contribution in [3.63, 3.8) is 0 Å². The zero-order valence-corrected chi connectivity index (χ0v) is 17.2. The van der Waals surface area contributed by atoms with Gasteiger partial charge in [0.1, 0.15) is 12.2 Å². The van der Waals surface area contributed by atoms with Gasteiger partial charge < -0.3 is 28.4 Å². The van der Waals surface area contributed by atoms with Crippen LogP contribution in [0.25, 0.3) is 0 Å². The molecule has 3 aliphatic heterocycles. The number of hydrogen-bond acceptors (Lipinski definition) is 7. The highest BCUT2D eigenvalue weighted by molar-refractivity contribution is 5.89. The normalized spacial score (nSPS) is 35.1. The fourth-order valence-corrected chi connectivity index (χ4v) is 3.83. The highest BCUT2D eigenvalue weighted by Crippen LogP contribution is 2.40. The maximum atomic E-state index is 12.5. The molecular weight excluding hydrogens is 376 g/mol. The molecule has 0 saturated carbocycles. The van der Waals surface area contributed by atoms with E-state index in [1.807, 2.05) is 45.9 Å². The second-order valence-electron chi connectivity index (χ2n) is 8.42. The third-order valence-corrected chi connectivity index (χ3v) is 5.07. The first-order valence-electron chi connectivity index (χ1n) is 9.98. The van der Waals surface area contributed by atoms with Crippen LogP contribution in [-0.2, 0) is 28.4 Å². The summed E-state index contributed by atoms with van der Waals surface area (Å²) in [6.45, 7) is 8.04. The van der Waals surface area contributed by atoms with Gasteiger partial charge >= 0.3 is 5.97 Å². The first-order chi connectivity index (χ1) is 13.7. The van der Waals surface area contributed by atoms with Gasteiger partial charge in [-0.15, -0.1) is 0 Å². The quantitative estimate of drug-likeness (QED) is 0.551. The molecule has 158 valence electrons. The highest BCUT2D eigenvalue weighted by Gasteiger charge is 2.56. The lowest BCUT2D eigenvalue weighted by Gasteiger charge is -2.23. The molecule has 29 heavy (non-hydrogen) atoms. The van der Waals surface area contributed by atoms with E-state index in [1.165, 1.54) is 0 Å². The fourth-order valence-electron chi connectivity index (χ4n) is 3.83. The Morgan fingerprint density at radius 2 is 1.79 bits per heavy atom. The average Bonchev–Trinajstić information content (AvgIpc) is 3.27. The van der Waals surface area contributed by atoms with Crippen LogP contribution in [0, 0.1) is 0 Å². The van der Waals surface area contributed by atoms with Crippen molar-refractivity contribution < 1.29 is 33.2 Å². The summed E-state index contributed by atoms with van der Waals surface area (Å²) in [4.78, 5) is 12.5. The molecule has 0 radical (unpaired) electrons. The van der Waals surface area contributed by atoms with Gasteiger partial charge in [0.2, 0.25) is 6.29 Å². The first-order valence-corrected chi connectivity index (χ1v) is 9.98. The molecule has 1 aromatic rings. The van der Waals surface area contributed by atoms with Crippen molar-refractivity contribution in [3.8, 4) is 0 Å². The minimum atomic E-state index is -0.839. The molecule has 3 fully saturated rings. The summed E-state index contributed by atoms with van der Waals surface area (Å²) in [6.07, 6.45) is 2.55. The lowest BCUT2D eigenvalue weighted by molar-refractivity contribution is -0.214. The number of ether oxygens (including phenoxy) is 6. The van der Waals surface area contributed by atoms with E-state index in [1.54, 1.807) is 24.3 Å². The summed E-state index contributed by atoms with van der Waals surface area (Å²) < 4.78 is 34.9. The van der Waals surface area contributed by atoms with Gasteiger partial charge in [-0.05, 0) is 46.2 Å². The first kappa shape index (κ1) is 20.5. The Balaban J connectivity index is 1.40. The Hall–Kier alpha value is -1.77. The predicted octanol–water partition coefficient (Wildman–Crippen LogP) is 3.19. The molecule has 7 heteroatoms. The van der Waals surface area contributed by atoms with Crippen molar-refractivity contribution in [2.45, 2.75) is 76.4 Å². The number of benzene rings is 1. The van der Waals surface area contributed by atoms with Gasteiger partial charge in [0.05, 0.1) is 18.3 Å². The monoisotopic (exact) mass is 404 g/mol. The van der Waals surface area contributed by atoms with Gasteiger partial charge in [-0.25, -0.2) is 4.79 Å². The lowest BCUT2D eigenvalue weighted by Crippen LogP contribution is -2.33. The second-order valence-corrected chi connectivity index (χ2v) is 8.42. The molecule has 3 saturated heterocycles. The van der Waals surface area contributed by atoms with Gasteiger partial charge in [-0.3, -0.25) is 0 Å². The van der Waals surface area contributed by atoms with Crippen LogP contribution in [0.3, 0.4) is 0 Å². The van der Waals surface area contributed by atoms with E-state index in [-0.39, 0.29) is 18.3 Å². The van der Waals surface area contributed by atoms with Crippen LogP contribution in [0.15, 0.2) is 42.5 Å². The van der Waals surface area contributed by atoms with Crippen LogP contribution in [-0.4, -0.2) is 54.9 Å². The van der Waals surface area contributed by atoms with Crippen molar-refractivity contribution in [2.24, 2.45) is 0 Å². The van der Waals surface area contributed by atoms with E-state index in [0.29, 0.717) is 18.6 Å². The van der Waals surface area contributed by atoms with Crippen LogP contribution in [0.5, 0.6) is 0 Å². The lowest BCUT2D eigenvalue weighted by atomic mass is 10.1. The second kappa shape index (κ2) is 7.81. The van der Waals surface area contributed by atoms with E-state index in [4.69, 9.17) is 28.4 Å². The van der Waals surface area contributed by atoms with Gasteiger partial charge in [-0.1, -0.05) is 30.4 Å². The van der Waals surface area contributed by atoms with Crippen molar-refractivity contribution in [1.82, 2.24) is 0 Å². The summed E-state index contributed by atoms with van der Waals surface area (Å²) in [5.41, 5.74) is 0.464. The summed E-state index contributed by atoms with van der Waals surface area (Å²) in [5, 5.41) is 0. The number of carbonyl (C=O) groups is 1. The summed E-state index contributed by atoms with van der Waals surface area (Å²) in [7, 11) is 0. The van der Waals surface area contributed by atoms with Crippen LogP contribution < -0.4 is 0 Å². The number of fused-ring (bicyclic) bond motifs is 1. The Bertz CT molecular complexity index is 758. The molecule has 3 aliphatic rings. The third-order valence-electron chi connectivity index (χ3n) is 5.07. The van der Waals surface area contributed by atoms with Crippen molar-refractivity contribution in [3.05, 3.63) is 48.0 Å². The fraction of sp³-hybridized carbons (Fsp3) is 0.591. The van der Waals surface area contributed by atoms with Gasteiger partial charge in [0.25, 0.3) is 0 Å². The standard InChI is InChI=1S/C22H28O7/c1-21(2)24-13-15(27-21)11-8-12-16-17-18(29-22(3,4)28-17)20(25-16)26-19(23)14-9-6-5-7-10-14/h5-10,12,15-18,20H,11,13H2,1-4H3/b12-8-/t15-,16+,17-,18-,20+/m0/s1. The largest absolute Gasteiger partial charge is 0.429 e. The zero-order chi connectivity index (χ0) is 20.6. The summed E-state index contributed by atoms with van der Waals surface area (Å²) >= 11 is 0. The van der Waals surface area contributed by atoms with E-state index < -0.39 is 29.9 Å². The average molecular weight is 404 g/mol. The maximum absolute atomic E-state index is 12.5. The Morgan fingerprint density at radius 3 is 2.48 bits per heavy atom. The summed E-state index contributed by atoms with van der Waals surface area (Å²) in [5.74, 6) is -1.77. The molecule has 0 N–H and O–H groups in total. The summed E-state index contributed by atoms with van der Waals surface area (Å²) in [6, 6.07) is 8.82.